The van der Waals surface area contributed by atoms with Crippen molar-refractivity contribution in [2.24, 2.45) is 0 Å². The van der Waals surface area contributed by atoms with E-state index in [0.29, 0.717) is 0 Å². The zero-order chi connectivity index (χ0) is 39.9. The van der Waals surface area contributed by atoms with Crippen LogP contribution in [0.5, 0.6) is 0 Å². The molecule has 4 nitrogen and oxygen atoms in total. The molecule has 2 atom stereocenters. The number of aryl methyl sites for hydroxylation is 2. The minimum Gasteiger partial charge on any atom is -0.314 e. The Morgan fingerprint density at radius 1 is 0.250 bits per heavy atom. The van der Waals surface area contributed by atoms with E-state index in [0.717, 1.165) is 22.7 Å². The molecule has 12 rings (SSSR count). The van der Waals surface area contributed by atoms with E-state index in [1.54, 1.807) is 0 Å². The van der Waals surface area contributed by atoms with E-state index in [1.165, 1.54) is 77.0 Å². The largest absolute Gasteiger partial charge is 0.314 e. The van der Waals surface area contributed by atoms with Gasteiger partial charge in [0.15, 0.2) is 12.3 Å². The lowest BCUT2D eigenvalue weighted by Crippen LogP contribution is -2.58. The molecule has 10 aromatic rings. The molecule has 0 fully saturated rings. The quantitative estimate of drug-likeness (QED) is 0.173. The molecule has 0 spiro atoms. The summed E-state index contributed by atoms with van der Waals surface area (Å²) in [4.78, 5) is 10.5. The van der Waals surface area contributed by atoms with E-state index >= 15 is 0 Å². The second kappa shape index (κ2) is 13.5. The van der Waals surface area contributed by atoms with Crippen LogP contribution in [0.25, 0.3) is 43.1 Å². The fourth-order valence-corrected chi connectivity index (χ4v) is 9.87. The molecule has 0 radical (unpaired) electrons. The first-order valence-corrected chi connectivity index (χ1v) is 20.9. The van der Waals surface area contributed by atoms with Crippen molar-refractivity contribution in [3.8, 4) is 0 Å². The van der Waals surface area contributed by atoms with E-state index in [9.17, 15) is 0 Å². The van der Waals surface area contributed by atoms with Crippen molar-refractivity contribution in [1.82, 2.24) is 0 Å². The lowest BCUT2D eigenvalue weighted by molar-refractivity contribution is 0.550. The normalized spacial score (nSPS) is 16.0. The Morgan fingerprint density at radius 2 is 0.517 bits per heavy atom. The third-order valence-corrected chi connectivity index (χ3v) is 12.7. The van der Waals surface area contributed by atoms with Crippen LogP contribution in [0.1, 0.15) is 11.1 Å². The van der Waals surface area contributed by atoms with Gasteiger partial charge in [-0.15, -0.1) is 0 Å². The van der Waals surface area contributed by atoms with E-state index in [1.807, 2.05) is 0 Å². The molecule has 2 aliphatic heterocycles. The molecule has 4 heteroatoms. The van der Waals surface area contributed by atoms with Crippen LogP contribution >= 0.6 is 0 Å². The molecular weight excluding hydrogens is 729 g/mol. The van der Waals surface area contributed by atoms with Crippen molar-refractivity contribution >= 4 is 88.6 Å². The predicted octanol–water partition coefficient (Wildman–Crippen LogP) is 14.8. The van der Waals surface area contributed by atoms with E-state index in [-0.39, 0.29) is 12.3 Å². The van der Waals surface area contributed by atoms with Crippen molar-refractivity contribution in [3.63, 3.8) is 0 Å². The lowest BCUT2D eigenvalue weighted by Gasteiger charge is -2.44. The Balaban J connectivity index is 1.19. The molecule has 10 aromatic carbocycles. The first-order valence-electron chi connectivity index (χ1n) is 20.9. The number of fused-ring (bicyclic) bond motifs is 6. The summed E-state index contributed by atoms with van der Waals surface area (Å²) >= 11 is 0. The van der Waals surface area contributed by atoms with E-state index in [4.69, 9.17) is 0 Å². The Kier molecular flexibility index (Phi) is 7.76. The number of rotatable bonds is 5. The maximum Gasteiger partial charge on any atom is 0.151 e. The van der Waals surface area contributed by atoms with Crippen LogP contribution in [-0.2, 0) is 0 Å². The highest BCUT2D eigenvalue weighted by Crippen LogP contribution is 2.57. The fourth-order valence-electron chi connectivity index (χ4n) is 9.87. The summed E-state index contributed by atoms with van der Waals surface area (Å²) in [6, 6.07) is 76.7. The van der Waals surface area contributed by atoms with Gasteiger partial charge in [0.2, 0.25) is 0 Å². The summed E-state index contributed by atoms with van der Waals surface area (Å²) in [6.45, 7) is 4.42. The third kappa shape index (κ3) is 5.45. The third-order valence-electron chi connectivity index (χ3n) is 12.7. The molecule has 0 amide bonds. The van der Waals surface area contributed by atoms with Crippen molar-refractivity contribution in [2.75, 3.05) is 19.6 Å². The standard InChI is InChI=1S/C56H42N4/c1-37-19-29-51-53(31-37)59(49-27-23-41-13-5-9-17-45(41)35-49)55(57(51)47-25-21-39-11-3-7-15-43(39)33-47)56-58(48-26-22-40-12-4-8-16-44(40)34-48)52-30-20-38(2)32-54(52)60(56)50-28-24-42-14-6-10-18-46(42)36-50/h3-36,55-56H,1-2H3. The number of hydrogen-bond acceptors (Lipinski definition) is 4. The van der Waals surface area contributed by atoms with Gasteiger partial charge in [0.05, 0.1) is 22.7 Å². The zero-order valence-corrected chi connectivity index (χ0v) is 33.6. The Morgan fingerprint density at radius 3 is 0.817 bits per heavy atom. The van der Waals surface area contributed by atoms with Gasteiger partial charge in [0.1, 0.15) is 0 Å². The molecule has 0 aliphatic carbocycles. The first kappa shape index (κ1) is 34.5. The monoisotopic (exact) mass is 770 g/mol. The highest BCUT2D eigenvalue weighted by Gasteiger charge is 2.52. The summed E-state index contributed by atoms with van der Waals surface area (Å²) in [6.07, 6.45) is -0.510. The molecule has 2 heterocycles. The average Bonchev–Trinajstić information content (AvgIpc) is 3.80. The van der Waals surface area contributed by atoms with Crippen LogP contribution < -0.4 is 19.6 Å². The summed E-state index contributed by atoms with van der Waals surface area (Å²) in [7, 11) is 0. The molecule has 286 valence electrons. The Bertz CT molecular complexity index is 3090. The minimum atomic E-state index is -0.255. The smallest absolute Gasteiger partial charge is 0.151 e. The zero-order valence-electron chi connectivity index (χ0n) is 33.6. The summed E-state index contributed by atoms with van der Waals surface area (Å²) < 4.78 is 0. The number of nitrogens with zero attached hydrogens (tertiary/aromatic N) is 4. The maximum atomic E-state index is 2.62. The summed E-state index contributed by atoms with van der Waals surface area (Å²) in [5, 5.41) is 9.78. The number of anilines is 8. The van der Waals surface area contributed by atoms with Gasteiger partial charge in [-0.05, 0) is 141 Å². The van der Waals surface area contributed by atoms with Crippen LogP contribution in [0.15, 0.2) is 206 Å². The van der Waals surface area contributed by atoms with Gasteiger partial charge < -0.3 is 19.6 Å². The Hall–Kier alpha value is -7.56. The summed E-state index contributed by atoms with van der Waals surface area (Å²) in [5.74, 6) is 0. The first-order chi connectivity index (χ1) is 29.6. The van der Waals surface area contributed by atoms with Gasteiger partial charge in [-0.25, -0.2) is 0 Å². The number of hydrogen-bond donors (Lipinski definition) is 0. The molecule has 2 aliphatic rings. The van der Waals surface area contributed by atoms with Crippen LogP contribution in [-0.4, -0.2) is 12.3 Å². The van der Waals surface area contributed by atoms with Crippen molar-refractivity contribution in [3.05, 3.63) is 217 Å². The molecule has 0 saturated heterocycles. The minimum absolute atomic E-state index is 0.255. The highest BCUT2D eigenvalue weighted by atomic mass is 15.5. The predicted molar refractivity (Wildman–Crippen MR) is 254 cm³/mol. The van der Waals surface area contributed by atoms with Crippen LogP contribution in [0.2, 0.25) is 0 Å². The SMILES string of the molecule is Cc1ccc2c(c1)N(c1ccc3ccccc3c1)C(C1N(c3ccc4ccccc4c3)c3ccc(C)cc3N1c1ccc3ccccc3c1)N2c1ccc2ccccc2c1. The molecule has 60 heavy (non-hydrogen) atoms. The molecule has 0 saturated carbocycles. The molecule has 0 bridgehead atoms. The molecule has 0 aromatic heterocycles. The van der Waals surface area contributed by atoms with Gasteiger partial charge in [-0.1, -0.05) is 133 Å². The van der Waals surface area contributed by atoms with Gasteiger partial charge in [0, 0.05) is 22.7 Å². The average molecular weight is 771 g/mol. The van der Waals surface area contributed by atoms with Gasteiger partial charge in [-0.3, -0.25) is 0 Å². The molecule has 2 unspecified atom stereocenters. The Labute approximate surface area is 350 Å². The number of benzene rings is 10. The van der Waals surface area contributed by atoms with Crippen molar-refractivity contribution in [2.45, 2.75) is 26.2 Å². The molecule has 0 N–H and O–H groups in total. The van der Waals surface area contributed by atoms with Crippen molar-refractivity contribution in [1.29, 1.82) is 0 Å². The molecular formula is C56H42N4. The topological polar surface area (TPSA) is 13.0 Å². The van der Waals surface area contributed by atoms with Crippen LogP contribution in [0.3, 0.4) is 0 Å². The maximum absolute atomic E-state index is 2.62. The van der Waals surface area contributed by atoms with E-state index in [2.05, 4.69) is 240 Å². The van der Waals surface area contributed by atoms with Crippen LogP contribution in [0, 0.1) is 13.8 Å². The highest BCUT2D eigenvalue weighted by molar-refractivity contribution is 5.99. The second-order valence-corrected chi connectivity index (χ2v) is 16.4. The van der Waals surface area contributed by atoms with Gasteiger partial charge in [-0.2, -0.15) is 0 Å². The fraction of sp³-hybridized carbons (Fsp3) is 0.0714. The summed E-state index contributed by atoms with van der Waals surface area (Å²) in [5.41, 5.74) is 11.8. The second-order valence-electron chi connectivity index (χ2n) is 16.4. The van der Waals surface area contributed by atoms with E-state index < -0.39 is 0 Å². The van der Waals surface area contributed by atoms with Gasteiger partial charge in [0.25, 0.3) is 0 Å². The van der Waals surface area contributed by atoms with Crippen LogP contribution in [0.4, 0.5) is 45.5 Å². The van der Waals surface area contributed by atoms with Crippen molar-refractivity contribution < 1.29 is 0 Å². The van der Waals surface area contributed by atoms with Gasteiger partial charge >= 0.3 is 0 Å². The lowest BCUT2D eigenvalue weighted by atomic mass is 10.1.